The summed E-state index contributed by atoms with van der Waals surface area (Å²) in [7, 11) is 0. The van der Waals surface area contributed by atoms with Gasteiger partial charge in [-0.25, -0.2) is 4.79 Å². The summed E-state index contributed by atoms with van der Waals surface area (Å²) >= 11 is 0. The smallest absolute Gasteiger partial charge is 0.268 e. The van der Waals surface area contributed by atoms with Crippen LogP contribution in [0.5, 0.6) is 0 Å². The Bertz CT molecular complexity index is 896. The molecule has 0 radical (unpaired) electrons. The first-order valence-corrected chi connectivity index (χ1v) is 11.6. The molecule has 3 rings (SSSR count). The summed E-state index contributed by atoms with van der Waals surface area (Å²) in [6.07, 6.45) is 7.36. The van der Waals surface area contributed by atoms with E-state index in [1.165, 1.54) is 0 Å². The topological polar surface area (TPSA) is 37.4 Å². The molecule has 1 saturated heterocycles. The van der Waals surface area contributed by atoms with Crippen molar-refractivity contribution in [2.24, 2.45) is 5.41 Å². The van der Waals surface area contributed by atoms with Crippen molar-refractivity contribution in [3.63, 3.8) is 0 Å². The highest BCUT2D eigenvalue weighted by molar-refractivity contribution is 6.23. The second-order valence-electron chi connectivity index (χ2n) is 8.47. The molecule has 2 aromatic rings. The van der Waals surface area contributed by atoms with Crippen molar-refractivity contribution >= 4 is 23.2 Å². The lowest BCUT2D eigenvalue weighted by atomic mass is 9.78. The number of allylic oxidation sites excluding steroid dienone is 1. The van der Waals surface area contributed by atoms with E-state index >= 15 is 0 Å². The van der Waals surface area contributed by atoms with Crippen LogP contribution in [0.1, 0.15) is 58.8 Å². The first-order valence-electron chi connectivity index (χ1n) is 11.6. The molecule has 2 unspecified atom stereocenters. The number of hydrogen-bond acceptors (Lipinski definition) is 2. The first kappa shape index (κ1) is 23.0. The second-order valence-corrected chi connectivity index (χ2v) is 8.47. The minimum atomic E-state index is -1.07. The van der Waals surface area contributed by atoms with Gasteiger partial charge in [0.1, 0.15) is 6.54 Å². The summed E-state index contributed by atoms with van der Waals surface area (Å²) in [6, 6.07) is 19.5. The molecule has 2 atom stereocenters. The molecule has 0 saturated carbocycles. The maximum absolute atomic E-state index is 14.5. The highest BCUT2D eigenvalue weighted by Gasteiger charge is 2.69. The fraction of sp³-hybridized carbons (Fsp3) is 0.407. The molecule has 0 bridgehead atoms. The number of carbonyl (C=O) groups is 2. The number of unbranched alkanes of at least 4 members (excludes halogenated alkanes) is 3. The van der Waals surface area contributed by atoms with Crippen LogP contribution < -0.4 is 9.60 Å². The summed E-state index contributed by atoms with van der Waals surface area (Å²) in [5.41, 5.74) is 0.544. The zero-order valence-corrected chi connectivity index (χ0v) is 18.9. The summed E-state index contributed by atoms with van der Waals surface area (Å²) in [5.74, 6) is -0.116. The molecule has 2 amide bonds. The van der Waals surface area contributed by atoms with Crippen molar-refractivity contribution in [1.82, 2.24) is 4.59 Å². The summed E-state index contributed by atoms with van der Waals surface area (Å²) < 4.78 is -0.0682. The van der Waals surface area contributed by atoms with Crippen molar-refractivity contribution in [2.45, 2.75) is 58.8 Å². The Morgan fingerprint density at radius 3 is 2.10 bits per heavy atom. The number of benzene rings is 2. The molecule has 4 nitrogen and oxygen atoms in total. The van der Waals surface area contributed by atoms with Gasteiger partial charge in [-0.3, -0.25) is 4.79 Å². The molecular weight excluding hydrogens is 384 g/mol. The SMILES string of the molecule is C=CCC1(CCCC)C(=O)N(c2ccccc2)[N+](CCCCC)(c2ccccc2)C1=O. The molecule has 164 valence electrons. The number of rotatable bonds is 11. The molecular formula is C27H35N2O2+. The van der Waals surface area contributed by atoms with Gasteiger partial charge in [-0.15, -0.1) is 16.2 Å². The zero-order valence-electron chi connectivity index (χ0n) is 18.9. The Balaban J connectivity index is 2.28. The van der Waals surface area contributed by atoms with Crippen molar-refractivity contribution < 1.29 is 9.59 Å². The lowest BCUT2D eigenvalue weighted by molar-refractivity contribution is -0.139. The van der Waals surface area contributed by atoms with Crippen LogP contribution in [0.4, 0.5) is 11.4 Å². The highest BCUT2D eigenvalue weighted by atomic mass is 16.2. The van der Waals surface area contributed by atoms with Crippen LogP contribution in [0.2, 0.25) is 0 Å². The predicted molar refractivity (Wildman–Crippen MR) is 128 cm³/mol. The third kappa shape index (κ3) is 3.97. The third-order valence-electron chi connectivity index (χ3n) is 6.41. The van der Waals surface area contributed by atoms with E-state index in [9.17, 15) is 9.59 Å². The van der Waals surface area contributed by atoms with E-state index < -0.39 is 5.41 Å². The number of amides is 2. The van der Waals surface area contributed by atoms with Crippen LogP contribution in [0.3, 0.4) is 0 Å². The van der Waals surface area contributed by atoms with Crippen molar-refractivity contribution in [3.05, 3.63) is 73.3 Å². The summed E-state index contributed by atoms with van der Waals surface area (Å²) in [6.45, 7) is 8.73. The van der Waals surface area contributed by atoms with Crippen LogP contribution in [0.15, 0.2) is 73.3 Å². The Morgan fingerprint density at radius 2 is 1.52 bits per heavy atom. The number of carbonyl (C=O) groups excluding carboxylic acids is 2. The Morgan fingerprint density at radius 1 is 0.903 bits per heavy atom. The Hall–Kier alpha value is -2.72. The average Bonchev–Trinajstić information content (AvgIpc) is 2.99. The number of anilines is 1. The summed E-state index contributed by atoms with van der Waals surface area (Å²) in [4.78, 5) is 28.7. The van der Waals surface area contributed by atoms with E-state index in [1.54, 1.807) is 11.1 Å². The fourth-order valence-electron chi connectivity index (χ4n) is 4.82. The normalized spacial score (nSPS) is 23.4. The van der Waals surface area contributed by atoms with Crippen molar-refractivity contribution in [3.8, 4) is 0 Å². The fourth-order valence-corrected chi connectivity index (χ4v) is 4.82. The van der Waals surface area contributed by atoms with E-state index in [-0.39, 0.29) is 16.4 Å². The Labute approximate surface area is 186 Å². The van der Waals surface area contributed by atoms with Crippen LogP contribution in [0, 0.1) is 5.41 Å². The number of nitrogens with zero attached hydrogens (tertiary/aromatic N) is 2. The predicted octanol–water partition coefficient (Wildman–Crippen LogP) is 6.43. The number of para-hydroxylation sites is 2. The highest BCUT2D eigenvalue weighted by Crippen LogP contribution is 2.48. The maximum Gasteiger partial charge on any atom is 0.359 e. The lowest BCUT2D eigenvalue weighted by Gasteiger charge is -2.37. The number of quaternary nitrogens is 1. The number of hydrogen-bond donors (Lipinski definition) is 0. The molecule has 1 aliphatic heterocycles. The van der Waals surface area contributed by atoms with E-state index in [4.69, 9.17) is 0 Å². The molecule has 0 N–H and O–H groups in total. The van der Waals surface area contributed by atoms with Crippen LogP contribution in [-0.4, -0.2) is 18.4 Å². The Kier molecular flexibility index (Phi) is 7.45. The summed E-state index contributed by atoms with van der Waals surface area (Å²) in [5, 5.41) is 1.77. The van der Waals surface area contributed by atoms with Gasteiger partial charge >= 0.3 is 5.91 Å². The van der Waals surface area contributed by atoms with E-state index in [0.29, 0.717) is 19.4 Å². The van der Waals surface area contributed by atoms with Crippen LogP contribution in [0.25, 0.3) is 0 Å². The maximum atomic E-state index is 14.5. The van der Waals surface area contributed by atoms with E-state index in [1.807, 2.05) is 60.7 Å². The third-order valence-corrected chi connectivity index (χ3v) is 6.41. The minimum absolute atomic E-state index is 0.0167. The zero-order chi connectivity index (χ0) is 22.3. The second kappa shape index (κ2) is 10.1. The quantitative estimate of drug-likeness (QED) is 0.182. The van der Waals surface area contributed by atoms with Crippen molar-refractivity contribution in [2.75, 3.05) is 11.6 Å². The molecule has 31 heavy (non-hydrogen) atoms. The van der Waals surface area contributed by atoms with E-state index in [0.717, 1.165) is 43.5 Å². The van der Waals surface area contributed by atoms with Crippen molar-refractivity contribution in [1.29, 1.82) is 0 Å². The molecule has 1 aliphatic rings. The molecule has 4 heteroatoms. The van der Waals surface area contributed by atoms with Gasteiger partial charge in [0.25, 0.3) is 5.91 Å². The molecule has 1 heterocycles. The monoisotopic (exact) mass is 419 g/mol. The largest absolute Gasteiger partial charge is 0.359 e. The van der Waals surface area contributed by atoms with Gasteiger partial charge < -0.3 is 0 Å². The molecule has 0 spiro atoms. The van der Waals surface area contributed by atoms with E-state index in [2.05, 4.69) is 20.4 Å². The van der Waals surface area contributed by atoms with Gasteiger partial charge in [-0.1, -0.05) is 75.6 Å². The minimum Gasteiger partial charge on any atom is -0.268 e. The van der Waals surface area contributed by atoms with Crippen LogP contribution in [-0.2, 0) is 9.59 Å². The average molecular weight is 420 g/mol. The van der Waals surface area contributed by atoms with Gasteiger partial charge in [-0.05, 0) is 37.8 Å². The standard InChI is InChI=1S/C27H35N2O2/c1-4-7-15-22-29(24-18-13-10-14-19-24)26(31)27(20-6-3,21-8-5-2)25(30)28(29)23-16-11-9-12-17-23/h6,9-14,16-19H,3-5,7-8,15,20-22H2,1-2H3/q+1. The molecule has 0 aliphatic carbocycles. The molecule has 2 aromatic carbocycles. The molecule has 1 fully saturated rings. The van der Waals surface area contributed by atoms with Gasteiger partial charge in [0, 0.05) is 12.1 Å². The van der Waals surface area contributed by atoms with Crippen LogP contribution >= 0.6 is 0 Å². The lowest BCUT2D eigenvalue weighted by Crippen LogP contribution is -2.62. The first-order chi connectivity index (χ1) is 15.1. The van der Waals surface area contributed by atoms with Gasteiger partial charge in [-0.2, -0.15) is 0 Å². The van der Waals surface area contributed by atoms with Gasteiger partial charge in [0.15, 0.2) is 11.1 Å². The molecule has 0 aromatic heterocycles. The van der Waals surface area contributed by atoms with Gasteiger partial charge in [0.05, 0.1) is 5.69 Å². The van der Waals surface area contributed by atoms with Gasteiger partial charge in [0.2, 0.25) is 0 Å².